The van der Waals surface area contributed by atoms with Crippen LogP contribution >= 0.6 is 0 Å². The molecule has 2 N–H and O–H groups in total. The molecule has 7 heteroatoms. The zero-order valence-electron chi connectivity index (χ0n) is 9.37. The van der Waals surface area contributed by atoms with Crippen molar-refractivity contribution >= 4 is 10.1 Å². The summed E-state index contributed by atoms with van der Waals surface area (Å²) in [6.07, 6.45) is 0.890. The molecule has 1 atom stereocenters. The average molecular weight is 253 g/mol. The maximum absolute atomic E-state index is 10.5. The largest absolute Gasteiger partial charge is 0.389 e. The molecular weight excluding hydrogens is 234 g/mol. The van der Waals surface area contributed by atoms with Crippen LogP contribution < -0.4 is 0 Å². The minimum Gasteiger partial charge on any atom is -0.389 e. The Morgan fingerprint density at radius 3 is 2.69 bits per heavy atom. The lowest BCUT2D eigenvalue weighted by atomic mass is 10.3. The third-order valence-electron chi connectivity index (χ3n) is 1.80. The maximum atomic E-state index is 10.5. The Morgan fingerprint density at radius 1 is 1.56 bits per heavy atom. The van der Waals surface area contributed by atoms with E-state index in [9.17, 15) is 13.5 Å². The van der Waals surface area contributed by atoms with Crippen molar-refractivity contribution in [3.05, 3.63) is 12.7 Å². The molecule has 0 saturated heterocycles. The molecule has 0 saturated carbocycles. The van der Waals surface area contributed by atoms with Gasteiger partial charge in [-0.05, 0) is 7.05 Å². The Kier molecular flexibility index (Phi) is 7.52. The lowest BCUT2D eigenvalue weighted by Gasteiger charge is -2.19. The molecule has 6 nitrogen and oxygen atoms in total. The molecule has 0 aromatic rings. The van der Waals surface area contributed by atoms with Crippen LogP contribution in [0, 0.1) is 0 Å². The van der Waals surface area contributed by atoms with Gasteiger partial charge < -0.3 is 14.7 Å². The molecule has 0 aromatic heterocycles. The molecule has 0 amide bonds. The molecule has 0 bridgehead atoms. The summed E-state index contributed by atoms with van der Waals surface area (Å²) in [4.78, 5) is 1.61. The zero-order chi connectivity index (χ0) is 12.6. The third kappa shape index (κ3) is 10.1. The summed E-state index contributed by atoms with van der Waals surface area (Å²) in [5, 5.41) is 9.46. The summed E-state index contributed by atoms with van der Waals surface area (Å²) in [6, 6.07) is 0. The molecule has 0 rings (SSSR count). The lowest BCUT2D eigenvalue weighted by Crippen LogP contribution is -2.35. The number of hydrogen-bond acceptors (Lipinski definition) is 5. The number of aliphatic hydroxyl groups excluding tert-OH is 1. The quantitative estimate of drug-likeness (QED) is 0.323. The molecule has 16 heavy (non-hydrogen) atoms. The molecule has 0 heterocycles. The summed E-state index contributed by atoms with van der Waals surface area (Å²) in [6.45, 7) is 4.45. The van der Waals surface area contributed by atoms with Crippen LogP contribution in [0.2, 0.25) is 0 Å². The highest BCUT2D eigenvalue weighted by molar-refractivity contribution is 7.85. The van der Waals surface area contributed by atoms with Crippen molar-refractivity contribution in [3.63, 3.8) is 0 Å². The summed E-state index contributed by atoms with van der Waals surface area (Å²) in [7, 11) is -2.29. The first-order valence-electron chi connectivity index (χ1n) is 4.85. The van der Waals surface area contributed by atoms with Crippen LogP contribution in [0.1, 0.15) is 0 Å². The molecule has 0 aliphatic rings. The van der Waals surface area contributed by atoms with Crippen molar-refractivity contribution in [1.29, 1.82) is 0 Å². The van der Waals surface area contributed by atoms with Crippen molar-refractivity contribution in [2.24, 2.45) is 0 Å². The third-order valence-corrected chi connectivity index (χ3v) is 2.50. The molecule has 0 radical (unpaired) electrons. The van der Waals surface area contributed by atoms with E-state index in [1.165, 1.54) is 0 Å². The summed E-state index contributed by atoms with van der Waals surface area (Å²) < 4.78 is 34.5. The highest BCUT2D eigenvalue weighted by atomic mass is 32.2. The molecule has 0 fully saturated rings. The Bertz CT molecular complexity index is 290. The zero-order valence-corrected chi connectivity index (χ0v) is 10.2. The smallest absolute Gasteiger partial charge is 0.266 e. The number of ether oxygens (including phenoxy) is 1. The fourth-order valence-corrected chi connectivity index (χ4v) is 1.60. The van der Waals surface area contributed by atoms with Gasteiger partial charge in [-0.15, -0.1) is 6.58 Å². The number of nitrogens with zero attached hydrogens (tertiary/aromatic N) is 1. The van der Waals surface area contributed by atoms with E-state index in [0.717, 1.165) is 0 Å². The Hall–Kier alpha value is -0.470. The van der Waals surface area contributed by atoms with E-state index in [-0.39, 0.29) is 25.4 Å². The lowest BCUT2D eigenvalue weighted by molar-refractivity contribution is 0.0319. The standard InChI is InChI=1S/C9H19NO5S/c1-3-5-15-8-9(11)7-10(2)4-6-16(12,13)14/h3,9,11H,1,4-8H2,2H3,(H,12,13,14). The summed E-state index contributed by atoms with van der Waals surface area (Å²) >= 11 is 0. The number of hydrogen-bond donors (Lipinski definition) is 2. The second kappa shape index (κ2) is 7.75. The topological polar surface area (TPSA) is 87.1 Å². The van der Waals surface area contributed by atoms with Crippen molar-refractivity contribution in [2.75, 3.05) is 39.1 Å². The first-order valence-corrected chi connectivity index (χ1v) is 6.46. The normalized spacial score (nSPS) is 14.0. The average Bonchev–Trinajstić information content (AvgIpc) is 2.14. The molecule has 0 aliphatic carbocycles. The van der Waals surface area contributed by atoms with E-state index < -0.39 is 16.2 Å². The summed E-state index contributed by atoms with van der Waals surface area (Å²) in [5.41, 5.74) is 0. The number of likely N-dealkylation sites (N-methyl/N-ethyl adjacent to an activating group) is 1. The van der Waals surface area contributed by atoms with Crippen LogP contribution in [-0.4, -0.2) is 68.2 Å². The molecule has 0 aliphatic heterocycles. The fraction of sp³-hybridized carbons (Fsp3) is 0.778. The van der Waals surface area contributed by atoms with Crippen LogP contribution in [0.3, 0.4) is 0 Å². The second-order valence-electron chi connectivity index (χ2n) is 3.53. The van der Waals surface area contributed by atoms with E-state index in [2.05, 4.69) is 6.58 Å². The monoisotopic (exact) mass is 253 g/mol. The number of rotatable bonds is 9. The van der Waals surface area contributed by atoms with Gasteiger partial charge in [-0.3, -0.25) is 4.55 Å². The van der Waals surface area contributed by atoms with Crippen molar-refractivity contribution < 1.29 is 22.8 Å². The highest BCUT2D eigenvalue weighted by Crippen LogP contribution is 1.93. The minimum atomic E-state index is -3.94. The molecule has 96 valence electrons. The minimum absolute atomic E-state index is 0.164. The SMILES string of the molecule is C=CCOCC(O)CN(C)CCS(=O)(=O)O. The first-order chi connectivity index (χ1) is 7.35. The van der Waals surface area contributed by atoms with Crippen molar-refractivity contribution in [1.82, 2.24) is 4.90 Å². The van der Waals surface area contributed by atoms with Gasteiger partial charge in [-0.25, -0.2) is 0 Å². The van der Waals surface area contributed by atoms with Gasteiger partial charge in [-0.2, -0.15) is 8.42 Å². The molecule has 0 aromatic carbocycles. The van der Waals surface area contributed by atoms with Crippen LogP contribution in [0.5, 0.6) is 0 Å². The van der Waals surface area contributed by atoms with Gasteiger partial charge in [0.1, 0.15) is 0 Å². The van der Waals surface area contributed by atoms with Gasteiger partial charge in [-0.1, -0.05) is 6.08 Å². The van der Waals surface area contributed by atoms with Crippen LogP contribution in [0.25, 0.3) is 0 Å². The van der Waals surface area contributed by atoms with Gasteiger partial charge in [0.15, 0.2) is 0 Å². The van der Waals surface area contributed by atoms with Crippen LogP contribution in [0.15, 0.2) is 12.7 Å². The van der Waals surface area contributed by atoms with Crippen molar-refractivity contribution in [2.45, 2.75) is 6.10 Å². The Labute approximate surface area is 96.3 Å². The second-order valence-corrected chi connectivity index (χ2v) is 5.10. The first kappa shape index (κ1) is 15.5. The Morgan fingerprint density at radius 2 is 2.19 bits per heavy atom. The Balaban J connectivity index is 3.69. The molecule has 0 spiro atoms. The van der Waals surface area contributed by atoms with E-state index in [4.69, 9.17) is 9.29 Å². The van der Waals surface area contributed by atoms with Crippen LogP contribution in [-0.2, 0) is 14.9 Å². The van der Waals surface area contributed by atoms with Crippen molar-refractivity contribution in [3.8, 4) is 0 Å². The highest BCUT2D eigenvalue weighted by Gasteiger charge is 2.11. The number of aliphatic hydroxyl groups is 1. The van der Waals surface area contributed by atoms with E-state index in [1.807, 2.05) is 0 Å². The van der Waals surface area contributed by atoms with E-state index >= 15 is 0 Å². The molecular formula is C9H19NO5S. The maximum Gasteiger partial charge on any atom is 0.266 e. The van der Waals surface area contributed by atoms with Gasteiger partial charge >= 0.3 is 0 Å². The molecule has 1 unspecified atom stereocenters. The predicted octanol–water partition coefficient (Wildman–Crippen LogP) is -0.630. The fourth-order valence-electron chi connectivity index (χ4n) is 1.06. The van der Waals surface area contributed by atoms with Gasteiger partial charge in [0.25, 0.3) is 10.1 Å². The summed E-state index contributed by atoms with van der Waals surface area (Å²) in [5.74, 6) is -0.344. The van der Waals surface area contributed by atoms with Gasteiger partial charge in [0, 0.05) is 13.1 Å². The van der Waals surface area contributed by atoms with Gasteiger partial charge in [0.05, 0.1) is 25.1 Å². The van der Waals surface area contributed by atoms with E-state index in [0.29, 0.717) is 6.61 Å². The van der Waals surface area contributed by atoms with E-state index in [1.54, 1.807) is 18.0 Å². The van der Waals surface area contributed by atoms with Gasteiger partial charge in [0.2, 0.25) is 0 Å². The van der Waals surface area contributed by atoms with Crippen LogP contribution in [0.4, 0.5) is 0 Å². The predicted molar refractivity (Wildman–Crippen MR) is 60.9 cm³/mol.